The summed E-state index contributed by atoms with van der Waals surface area (Å²) >= 11 is 1.39. The monoisotopic (exact) mass is 354 g/mol. The zero-order valence-corrected chi connectivity index (χ0v) is 13.8. The maximum absolute atomic E-state index is 12.9. The van der Waals surface area contributed by atoms with Crippen molar-refractivity contribution in [2.75, 3.05) is 31.1 Å². The first-order valence-electron chi connectivity index (χ1n) is 7.06. The van der Waals surface area contributed by atoms with Gasteiger partial charge in [0.2, 0.25) is 10.0 Å². The molecule has 5 nitrogen and oxygen atoms in total. The minimum Gasteiger partial charge on any atom is -0.361 e. The number of anilines is 1. The number of sulfonamides is 1. The molecular weight excluding hydrogens is 339 g/mol. The van der Waals surface area contributed by atoms with Gasteiger partial charge in [-0.05, 0) is 36.4 Å². The molecule has 0 bridgehead atoms. The summed E-state index contributed by atoms with van der Waals surface area (Å²) in [5.74, 6) is -0.461. The zero-order valence-electron chi connectivity index (χ0n) is 12.2. The van der Waals surface area contributed by atoms with Gasteiger partial charge in [0.25, 0.3) is 0 Å². The number of thiophene rings is 1. The van der Waals surface area contributed by atoms with E-state index in [1.54, 1.807) is 6.07 Å². The van der Waals surface area contributed by atoms with Crippen molar-refractivity contribution < 1.29 is 17.6 Å². The molecule has 0 atom stereocenters. The number of rotatable bonds is 4. The second-order valence-corrected chi connectivity index (χ2v) is 8.17. The summed E-state index contributed by atoms with van der Waals surface area (Å²) in [4.78, 5) is 13.6. The van der Waals surface area contributed by atoms with Crippen LogP contribution in [0.5, 0.6) is 0 Å². The van der Waals surface area contributed by atoms with E-state index in [1.807, 2.05) is 6.07 Å². The lowest BCUT2D eigenvalue weighted by Gasteiger charge is -2.34. The normalized spacial score (nSPS) is 16.5. The number of halogens is 1. The van der Waals surface area contributed by atoms with Gasteiger partial charge < -0.3 is 4.90 Å². The Morgan fingerprint density at radius 3 is 2.22 bits per heavy atom. The molecule has 1 fully saturated rings. The van der Waals surface area contributed by atoms with Gasteiger partial charge in [0.05, 0.1) is 14.8 Å². The molecule has 0 aliphatic carbocycles. The number of piperazine rings is 1. The number of hydrogen-bond acceptors (Lipinski definition) is 5. The first kappa shape index (κ1) is 16.1. The Labute approximate surface area is 138 Å². The Bertz CT molecular complexity index is 794. The molecule has 3 rings (SSSR count). The molecule has 8 heteroatoms. The van der Waals surface area contributed by atoms with Gasteiger partial charge in [-0.2, -0.15) is 4.31 Å². The van der Waals surface area contributed by atoms with E-state index in [0.29, 0.717) is 31.1 Å². The van der Waals surface area contributed by atoms with Crippen LogP contribution in [0.4, 0.5) is 9.39 Å². The first-order chi connectivity index (χ1) is 11.0. The number of benzene rings is 1. The molecular formula is C15H15FN2O3S2. The fourth-order valence-corrected chi connectivity index (χ4v) is 4.78. The van der Waals surface area contributed by atoms with Gasteiger partial charge >= 0.3 is 0 Å². The summed E-state index contributed by atoms with van der Waals surface area (Å²) in [5.41, 5.74) is 0. The third kappa shape index (κ3) is 3.29. The number of carbonyl (C=O) groups excluding carboxylic acids is 1. The maximum atomic E-state index is 12.9. The summed E-state index contributed by atoms with van der Waals surface area (Å²) in [6.07, 6.45) is 0.809. The van der Waals surface area contributed by atoms with E-state index in [2.05, 4.69) is 4.90 Å². The Hall–Kier alpha value is -1.77. The standard InChI is InChI=1S/C15H15FN2O3S2/c16-12-1-4-14(5-2-12)23(20,21)18-9-7-17(8-10-18)15-6-3-13(11-19)22-15/h1-6,11H,7-10H2. The molecule has 23 heavy (non-hydrogen) atoms. The van der Waals surface area contributed by atoms with Crippen LogP contribution in [-0.4, -0.2) is 45.2 Å². The smallest absolute Gasteiger partial charge is 0.243 e. The van der Waals surface area contributed by atoms with Crippen LogP contribution < -0.4 is 4.90 Å². The molecule has 0 saturated carbocycles. The molecule has 0 N–H and O–H groups in total. The third-order valence-corrected chi connectivity index (χ3v) is 6.71. The predicted molar refractivity (Wildman–Crippen MR) is 87.1 cm³/mol. The van der Waals surface area contributed by atoms with Crippen LogP contribution in [0.2, 0.25) is 0 Å². The molecule has 1 aromatic carbocycles. The van der Waals surface area contributed by atoms with Crippen LogP contribution >= 0.6 is 11.3 Å². The van der Waals surface area contributed by atoms with Crippen molar-refractivity contribution in [2.24, 2.45) is 0 Å². The molecule has 1 saturated heterocycles. The van der Waals surface area contributed by atoms with Gasteiger partial charge in [-0.1, -0.05) is 0 Å². The number of nitrogens with zero attached hydrogens (tertiary/aromatic N) is 2. The van der Waals surface area contributed by atoms with Crippen molar-refractivity contribution in [1.82, 2.24) is 4.31 Å². The van der Waals surface area contributed by atoms with Gasteiger partial charge in [-0.3, -0.25) is 4.79 Å². The minimum absolute atomic E-state index is 0.103. The average Bonchev–Trinajstić information content (AvgIpc) is 3.04. The molecule has 1 aliphatic heterocycles. The fourth-order valence-electron chi connectivity index (χ4n) is 2.48. The van der Waals surface area contributed by atoms with Gasteiger partial charge in [0.1, 0.15) is 5.82 Å². The highest BCUT2D eigenvalue weighted by Gasteiger charge is 2.28. The van der Waals surface area contributed by atoms with E-state index in [9.17, 15) is 17.6 Å². The lowest BCUT2D eigenvalue weighted by atomic mass is 10.3. The summed E-state index contributed by atoms with van der Waals surface area (Å²) in [5, 5.41) is 0.964. The van der Waals surface area contributed by atoms with Crippen LogP contribution in [-0.2, 0) is 10.0 Å². The molecule has 0 spiro atoms. The highest BCUT2D eigenvalue weighted by Crippen LogP contribution is 2.27. The lowest BCUT2D eigenvalue weighted by Crippen LogP contribution is -2.48. The summed E-state index contributed by atoms with van der Waals surface area (Å²) in [6.45, 7) is 1.82. The Kier molecular flexibility index (Phi) is 4.47. The van der Waals surface area contributed by atoms with Crippen LogP contribution in [0, 0.1) is 5.82 Å². The Balaban J connectivity index is 1.70. The van der Waals surface area contributed by atoms with E-state index in [-0.39, 0.29) is 4.90 Å². The predicted octanol–water partition coefficient (Wildman–Crippen LogP) is 2.21. The lowest BCUT2D eigenvalue weighted by molar-refractivity contribution is 0.112. The second-order valence-electron chi connectivity index (χ2n) is 5.14. The summed E-state index contributed by atoms with van der Waals surface area (Å²) in [6, 6.07) is 8.50. The van der Waals surface area contributed by atoms with E-state index in [1.165, 1.54) is 27.8 Å². The molecule has 2 heterocycles. The maximum Gasteiger partial charge on any atom is 0.243 e. The van der Waals surface area contributed by atoms with Crippen LogP contribution in [0.15, 0.2) is 41.3 Å². The first-order valence-corrected chi connectivity index (χ1v) is 9.32. The van der Waals surface area contributed by atoms with Gasteiger partial charge in [0.15, 0.2) is 6.29 Å². The average molecular weight is 354 g/mol. The zero-order chi connectivity index (χ0) is 16.4. The molecule has 0 unspecified atom stereocenters. The third-order valence-electron chi connectivity index (χ3n) is 3.73. The quantitative estimate of drug-likeness (QED) is 0.790. The van der Waals surface area contributed by atoms with Crippen molar-refractivity contribution in [3.8, 4) is 0 Å². The molecule has 1 aromatic heterocycles. The summed E-state index contributed by atoms with van der Waals surface area (Å²) < 4.78 is 39.4. The largest absolute Gasteiger partial charge is 0.361 e. The van der Waals surface area contributed by atoms with E-state index in [0.717, 1.165) is 23.4 Å². The van der Waals surface area contributed by atoms with Crippen molar-refractivity contribution in [1.29, 1.82) is 0 Å². The topological polar surface area (TPSA) is 57.7 Å². The van der Waals surface area contributed by atoms with Crippen LogP contribution in [0.1, 0.15) is 9.67 Å². The Morgan fingerprint density at radius 2 is 1.65 bits per heavy atom. The van der Waals surface area contributed by atoms with Crippen LogP contribution in [0.3, 0.4) is 0 Å². The highest BCUT2D eigenvalue weighted by molar-refractivity contribution is 7.89. The number of hydrogen-bond donors (Lipinski definition) is 0. The fraction of sp³-hybridized carbons (Fsp3) is 0.267. The van der Waals surface area contributed by atoms with Crippen LogP contribution in [0.25, 0.3) is 0 Å². The van der Waals surface area contributed by atoms with Gasteiger partial charge in [-0.25, -0.2) is 12.8 Å². The van der Waals surface area contributed by atoms with E-state index < -0.39 is 15.8 Å². The number of carbonyl (C=O) groups is 1. The summed E-state index contributed by atoms with van der Waals surface area (Å²) in [7, 11) is -3.60. The molecule has 122 valence electrons. The second kappa shape index (κ2) is 6.38. The molecule has 0 radical (unpaired) electrons. The highest BCUT2D eigenvalue weighted by atomic mass is 32.2. The van der Waals surface area contributed by atoms with Crippen molar-refractivity contribution in [2.45, 2.75) is 4.90 Å². The van der Waals surface area contributed by atoms with Gasteiger partial charge in [0, 0.05) is 26.2 Å². The SMILES string of the molecule is O=Cc1ccc(N2CCN(S(=O)(=O)c3ccc(F)cc3)CC2)s1. The minimum atomic E-state index is -3.60. The Morgan fingerprint density at radius 1 is 1.00 bits per heavy atom. The molecule has 2 aromatic rings. The number of aldehydes is 1. The molecule has 1 aliphatic rings. The van der Waals surface area contributed by atoms with E-state index in [4.69, 9.17) is 0 Å². The molecule has 0 amide bonds. The van der Waals surface area contributed by atoms with Gasteiger partial charge in [-0.15, -0.1) is 11.3 Å². The van der Waals surface area contributed by atoms with Crippen molar-refractivity contribution in [3.05, 3.63) is 47.1 Å². The van der Waals surface area contributed by atoms with E-state index >= 15 is 0 Å². The van der Waals surface area contributed by atoms with Crippen molar-refractivity contribution in [3.63, 3.8) is 0 Å². The van der Waals surface area contributed by atoms with Crippen molar-refractivity contribution >= 4 is 32.6 Å².